The Bertz CT molecular complexity index is 621. The first-order chi connectivity index (χ1) is 12.3. The maximum Gasteiger partial charge on any atom is 0.0655 e. The van der Waals surface area contributed by atoms with Gasteiger partial charge in [-0.2, -0.15) is 5.26 Å². The van der Waals surface area contributed by atoms with Gasteiger partial charge in [-0.05, 0) is 42.4 Å². The molecule has 2 aromatic carbocycles. The van der Waals surface area contributed by atoms with Crippen molar-refractivity contribution in [3.05, 3.63) is 60.2 Å². The van der Waals surface area contributed by atoms with E-state index in [0.717, 1.165) is 25.7 Å². The molecule has 0 bridgehead atoms. The number of benzene rings is 2. The van der Waals surface area contributed by atoms with E-state index in [1.807, 2.05) is 6.07 Å². The molecule has 1 unspecified atom stereocenters. The molecule has 25 heavy (non-hydrogen) atoms. The minimum atomic E-state index is 0.241. The van der Waals surface area contributed by atoms with Gasteiger partial charge in [0.1, 0.15) is 0 Å². The second-order valence-electron chi connectivity index (χ2n) is 6.98. The summed E-state index contributed by atoms with van der Waals surface area (Å²) in [7, 11) is 0. The van der Waals surface area contributed by atoms with E-state index in [1.54, 1.807) is 0 Å². The molecule has 2 rings (SSSR count). The molecule has 0 fully saturated rings. The number of rotatable bonds is 11. The van der Waals surface area contributed by atoms with E-state index in [4.69, 9.17) is 0 Å². The van der Waals surface area contributed by atoms with Crippen LogP contribution in [0.4, 0.5) is 0 Å². The number of hydrogen-bond acceptors (Lipinski definition) is 1. The van der Waals surface area contributed by atoms with Crippen molar-refractivity contribution in [3.63, 3.8) is 0 Å². The lowest BCUT2D eigenvalue weighted by Gasteiger charge is -2.09. The first-order valence-electron chi connectivity index (χ1n) is 9.87. The second-order valence-corrected chi connectivity index (χ2v) is 6.98. The molecule has 0 spiro atoms. The number of unbranched alkanes of at least 4 members (excludes halogenated alkanes) is 4. The molecule has 132 valence electrons. The Morgan fingerprint density at radius 1 is 0.760 bits per heavy atom. The summed E-state index contributed by atoms with van der Waals surface area (Å²) in [6.45, 7) is 2.24. The van der Waals surface area contributed by atoms with E-state index in [-0.39, 0.29) is 5.92 Å². The van der Waals surface area contributed by atoms with Crippen LogP contribution in [0.15, 0.2) is 54.6 Å². The van der Waals surface area contributed by atoms with E-state index in [0.29, 0.717) is 0 Å². The number of aryl methyl sites for hydroxylation is 1. The molecule has 1 nitrogen and oxygen atoms in total. The molecule has 0 radical (unpaired) electrons. The zero-order valence-corrected chi connectivity index (χ0v) is 15.6. The van der Waals surface area contributed by atoms with Crippen molar-refractivity contribution in [3.8, 4) is 17.2 Å². The topological polar surface area (TPSA) is 23.8 Å². The molecule has 0 aromatic heterocycles. The van der Waals surface area contributed by atoms with E-state index in [2.05, 4.69) is 61.5 Å². The largest absolute Gasteiger partial charge is 0.198 e. The molecule has 2 aromatic rings. The highest BCUT2D eigenvalue weighted by Crippen LogP contribution is 2.21. The highest BCUT2D eigenvalue weighted by Gasteiger charge is 2.07. The Kier molecular flexibility index (Phi) is 8.84. The van der Waals surface area contributed by atoms with Crippen LogP contribution >= 0.6 is 0 Å². The Morgan fingerprint density at radius 3 is 2.08 bits per heavy atom. The van der Waals surface area contributed by atoms with Gasteiger partial charge in [0.25, 0.3) is 0 Å². The van der Waals surface area contributed by atoms with Gasteiger partial charge < -0.3 is 0 Å². The predicted octanol–water partition coefficient (Wildman–Crippen LogP) is 7.18. The van der Waals surface area contributed by atoms with Crippen molar-refractivity contribution < 1.29 is 0 Å². The highest BCUT2D eigenvalue weighted by molar-refractivity contribution is 5.63. The average molecular weight is 334 g/mol. The number of nitrogens with zero attached hydrogens (tertiary/aromatic N) is 1. The van der Waals surface area contributed by atoms with Crippen LogP contribution in [0.2, 0.25) is 0 Å². The van der Waals surface area contributed by atoms with Crippen molar-refractivity contribution in [1.82, 2.24) is 0 Å². The van der Waals surface area contributed by atoms with E-state index in [9.17, 15) is 5.26 Å². The normalized spacial score (nSPS) is 11.8. The maximum atomic E-state index is 9.34. The SMILES string of the molecule is CCCCCCCC(C#N)CCCc1ccc(-c2ccccc2)cc1. The van der Waals surface area contributed by atoms with Gasteiger partial charge in [0, 0.05) is 5.92 Å². The molecule has 0 amide bonds. The summed E-state index contributed by atoms with van der Waals surface area (Å²) in [6, 6.07) is 21.9. The predicted molar refractivity (Wildman–Crippen MR) is 107 cm³/mol. The minimum Gasteiger partial charge on any atom is -0.198 e. The molecule has 0 saturated heterocycles. The fourth-order valence-electron chi connectivity index (χ4n) is 3.31. The van der Waals surface area contributed by atoms with E-state index in [1.165, 1.54) is 48.8 Å². The summed E-state index contributed by atoms with van der Waals surface area (Å²) in [4.78, 5) is 0. The number of hydrogen-bond donors (Lipinski definition) is 0. The van der Waals surface area contributed by atoms with Crippen molar-refractivity contribution in [2.45, 2.75) is 64.7 Å². The molecule has 0 aliphatic rings. The van der Waals surface area contributed by atoms with Crippen molar-refractivity contribution in [2.75, 3.05) is 0 Å². The van der Waals surface area contributed by atoms with E-state index < -0.39 is 0 Å². The van der Waals surface area contributed by atoms with Crippen LogP contribution in [0.25, 0.3) is 11.1 Å². The fraction of sp³-hybridized carbons (Fsp3) is 0.458. The summed E-state index contributed by atoms with van der Waals surface area (Å²) in [5.41, 5.74) is 3.91. The Morgan fingerprint density at radius 2 is 1.40 bits per heavy atom. The molecule has 1 atom stereocenters. The average Bonchev–Trinajstić information content (AvgIpc) is 2.67. The zero-order valence-electron chi connectivity index (χ0n) is 15.6. The number of nitriles is 1. The second kappa shape index (κ2) is 11.5. The molecule has 0 aliphatic heterocycles. The quantitative estimate of drug-likeness (QED) is 0.400. The molecule has 0 aliphatic carbocycles. The van der Waals surface area contributed by atoms with Crippen molar-refractivity contribution in [2.24, 2.45) is 5.92 Å². The monoisotopic (exact) mass is 333 g/mol. The van der Waals surface area contributed by atoms with Gasteiger partial charge in [-0.3, -0.25) is 0 Å². The van der Waals surface area contributed by atoms with Crippen LogP contribution in [-0.4, -0.2) is 0 Å². The van der Waals surface area contributed by atoms with Gasteiger partial charge in [0.15, 0.2) is 0 Å². The van der Waals surface area contributed by atoms with Crippen LogP contribution in [0.3, 0.4) is 0 Å². The summed E-state index contributed by atoms with van der Waals surface area (Å²) >= 11 is 0. The molecule has 1 heteroatoms. The molecule has 0 heterocycles. The molecule has 0 N–H and O–H groups in total. The lowest BCUT2D eigenvalue weighted by molar-refractivity contribution is 0.491. The van der Waals surface area contributed by atoms with Crippen LogP contribution in [0.1, 0.15) is 63.9 Å². The van der Waals surface area contributed by atoms with Gasteiger partial charge in [-0.15, -0.1) is 0 Å². The van der Waals surface area contributed by atoms with E-state index >= 15 is 0 Å². The lowest BCUT2D eigenvalue weighted by atomic mass is 9.94. The van der Waals surface area contributed by atoms with Crippen LogP contribution in [-0.2, 0) is 6.42 Å². The van der Waals surface area contributed by atoms with Crippen LogP contribution < -0.4 is 0 Å². The standard InChI is InChI=1S/C24H31N/c1-2-3-4-5-7-11-22(20-25)13-10-12-21-16-18-24(19-17-21)23-14-8-6-9-15-23/h6,8-9,14-19,22H,2-5,7,10-13H2,1H3. The van der Waals surface area contributed by atoms with Crippen molar-refractivity contribution in [1.29, 1.82) is 5.26 Å². The van der Waals surface area contributed by atoms with Gasteiger partial charge in [0.05, 0.1) is 6.07 Å². The van der Waals surface area contributed by atoms with Crippen LogP contribution in [0, 0.1) is 17.2 Å². The van der Waals surface area contributed by atoms with Gasteiger partial charge in [-0.1, -0.05) is 93.6 Å². The first kappa shape index (κ1) is 19.3. The lowest BCUT2D eigenvalue weighted by Crippen LogP contribution is -1.99. The van der Waals surface area contributed by atoms with Gasteiger partial charge in [0.2, 0.25) is 0 Å². The fourth-order valence-corrected chi connectivity index (χ4v) is 3.31. The third-order valence-corrected chi connectivity index (χ3v) is 4.92. The Balaban J connectivity index is 1.71. The minimum absolute atomic E-state index is 0.241. The van der Waals surface area contributed by atoms with Crippen LogP contribution in [0.5, 0.6) is 0 Å². The summed E-state index contributed by atoms with van der Waals surface area (Å²) < 4.78 is 0. The van der Waals surface area contributed by atoms with Gasteiger partial charge >= 0.3 is 0 Å². The molecule has 0 saturated carbocycles. The summed E-state index contributed by atoms with van der Waals surface area (Å²) in [5, 5.41) is 9.34. The van der Waals surface area contributed by atoms with Gasteiger partial charge in [-0.25, -0.2) is 0 Å². The third kappa shape index (κ3) is 7.14. The first-order valence-corrected chi connectivity index (χ1v) is 9.87. The summed E-state index contributed by atoms with van der Waals surface area (Å²) in [5.74, 6) is 0.241. The molecular weight excluding hydrogens is 302 g/mol. The summed E-state index contributed by atoms with van der Waals surface area (Å²) in [6.07, 6.45) is 10.7. The Hall–Kier alpha value is -2.07. The highest BCUT2D eigenvalue weighted by atomic mass is 14.3. The van der Waals surface area contributed by atoms with Crippen molar-refractivity contribution >= 4 is 0 Å². The zero-order chi connectivity index (χ0) is 17.7. The maximum absolute atomic E-state index is 9.34. The smallest absolute Gasteiger partial charge is 0.0655 e. The molecular formula is C24H31N. The third-order valence-electron chi connectivity index (χ3n) is 4.92. The Labute approximate surface area is 153 Å².